The molecule has 110 valence electrons. The largest absolute Gasteiger partial charge is 0.508 e. The third kappa shape index (κ3) is 4.08. The van der Waals surface area contributed by atoms with Gasteiger partial charge in [-0.2, -0.15) is 0 Å². The molecule has 1 unspecified atom stereocenters. The van der Waals surface area contributed by atoms with E-state index in [4.69, 9.17) is 0 Å². The first-order valence-corrected chi connectivity index (χ1v) is 7.78. The topological polar surface area (TPSA) is 32.3 Å². The van der Waals surface area contributed by atoms with Crippen LogP contribution in [0.25, 0.3) is 0 Å². The molecule has 0 radical (unpaired) electrons. The first kappa shape index (κ1) is 14.2. The maximum absolute atomic E-state index is 9.65. The molecule has 1 fully saturated rings. The molecular weight excluding hydrogens is 258 g/mol. The van der Waals surface area contributed by atoms with E-state index >= 15 is 0 Å². The van der Waals surface area contributed by atoms with Crippen LogP contribution in [0.4, 0.5) is 0 Å². The highest BCUT2D eigenvalue weighted by molar-refractivity contribution is 5.31. The SMILES string of the molecule is Cc1ccc(C(CNC2CC2)Cc2cccc(O)c2)cc1. The Morgan fingerprint density at radius 1 is 1.14 bits per heavy atom. The van der Waals surface area contributed by atoms with Gasteiger partial charge in [-0.25, -0.2) is 0 Å². The molecule has 1 saturated carbocycles. The van der Waals surface area contributed by atoms with Crippen LogP contribution in [0.5, 0.6) is 5.75 Å². The van der Waals surface area contributed by atoms with Crippen molar-refractivity contribution < 1.29 is 5.11 Å². The van der Waals surface area contributed by atoms with Gasteiger partial charge >= 0.3 is 0 Å². The van der Waals surface area contributed by atoms with Crippen molar-refractivity contribution in [2.24, 2.45) is 0 Å². The maximum atomic E-state index is 9.65. The zero-order valence-electron chi connectivity index (χ0n) is 12.5. The van der Waals surface area contributed by atoms with Gasteiger partial charge in [0.15, 0.2) is 0 Å². The van der Waals surface area contributed by atoms with E-state index in [0.29, 0.717) is 11.7 Å². The summed E-state index contributed by atoms with van der Waals surface area (Å²) in [7, 11) is 0. The average Bonchev–Trinajstić information content (AvgIpc) is 3.29. The summed E-state index contributed by atoms with van der Waals surface area (Å²) in [6.45, 7) is 3.12. The lowest BCUT2D eigenvalue weighted by molar-refractivity contribution is 0.474. The standard InChI is InChI=1S/C19H23NO/c1-14-5-7-16(8-6-14)17(13-20-18-9-10-18)11-15-3-2-4-19(21)12-15/h2-8,12,17-18,20-21H,9-11,13H2,1H3. The van der Waals surface area contributed by atoms with Crippen molar-refractivity contribution in [3.63, 3.8) is 0 Å². The third-order valence-electron chi connectivity index (χ3n) is 4.17. The molecule has 1 aliphatic carbocycles. The summed E-state index contributed by atoms with van der Waals surface area (Å²) in [6, 6.07) is 17.2. The van der Waals surface area contributed by atoms with E-state index in [1.165, 1.54) is 29.5 Å². The van der Waals surface area contributed by atoms with E-state index in [1.54, 1.807) is 6.07 Å². The normalized spacial score (nSPS) is 15.9. The number of hydrogen-bond donors (Lipinski definition) is 2. The molecule has 0 aliphatic heterocycles. The van der Waals surface area contributed by atoms with Gasteiger partial charge in [0.05, 0.1) is 0 Å². The minimum atomic E-state index is 0.352. The van der Waals surface area contributed by atoms with E-state index < -0.39 is 0 Å². The summed E-state index contributed by atoms with van der Waals surface area (Å²) in [6.07, 6.45) is 3.58. The molecule has 2 N–H and O–H groups in total. The van der Waals surface area contributed by atoms with Crippen LogP contribution in [0, 0.1) is 6.92 Å². The Morgan fingerprint density at radius 2 is 1.90 bits per heavy atom. The summed E-state index contributed by atoms with van der Waals surface area (Å²) in [5, 5.41) is 13.3. The minimum absolute atomic E-state index is 0.352. The van der Waals surface area contributed by atoms with Crippen LogP contribution in [-0.2, 0) is 6.42 Å². The summed E-state index contributed by atoms with van der Waals surface area (Å²) < 4.78 is 0. The van der Waals surface area contributed by atoms with Crippen LogP contribution in [0.3, 0.4) is 0 Å². The molecule has 2 aromatic rings. The first-order valence-electron chi connectivity index (χ1n) is 7.78. The molecule has 2 aromatic carbocycles. The number of benzene rings is 2. The molecule has 2 heteroatoms. The average molecular weight is 281 g/mol. The highest BCUT2D eigenvalue weighted by atomic mass is 16.3. The third-order valence-corrected chi connectivity index (χ3v) is 4.17. The van der Waals surface area contributed by atoms with Crippen LogP contribution in [0.1, 0.15) is 35.4 Å². The van der Waals surface area contributed by atoms with Crippen LogP contribution in [-0.4, -0.2) is 17.7 Å². The van der Waals surface area contributed by atoms with E-state index in [1.807, 2.05) is 12.1 Å². The second-order valence-electron chi connectivity index (χ2n) is 6.16. The van der Waals surface area contributed by atoms with E-state index in [9.17, 15) is 5.11 Å². The molecule has 0 aromatic heterocycles. The number of hydrogen-bond acceptors (Lipinski definition) is 2. The predicted molar refractivity (Wildman–Crippen MR) is 86.8 cm³/mol. The molecule has 0 amide bonds. The smallest absolute Gasteiger partial charge is 0.115 e. The Balaban J connectivity index is 1.75. The molecule has 1 aliphatic rings. The van der Waals surface area contributed by atoms with Crippen LogP contribution in [0.15, 0.2) is 48.5 Å². The quantitative estimate of drug-likeness (QED) is 0.844. The Labute approximate surface area is 126 Å². The minimum Gasteiger partial charge on any atom is -0.508 e. The Bertz CT molecular complexity index is 587. The van der Waals surface area contributed by atoms with Crippen molar-refractivity contribution >= 4 is 0 Å². The van der Waals surface area contributed by atoms with Gasteiger partial charge in [0.2, 0.25) is 0 Å². The van der Waals surface area contributed by atoms with Crippen molar-refractivity contribution in [2.75, 3.05) is 6.54 Å². The number of aryl methyl sites for hydroxylation is 1. The van der Waals surface area contributed by atoms with Gasteiger partial charge in [-0.1, -0.05) is 42.0 Å². The molecule has 0 spiro atoms. The second kappa shape index (κ2) is 6.31. The Hall–Kier alpha value is -1.80. The van der Waals surface area contributed by atoms with E-state index in [-0.39, 0.29) is 0 Å². The summed E-state index contributed by atoms with van der Waals surface area (Å²) in [5.74, 6) is 0.804. The van der Waals surface area contributed by atoms with Crippen molar-refractivity contribution in [1.29, 1.82) is 0 Å². The summed E-state index contributed by atoms with van der Waals surface area (Å²) >= 11 is 0. The van der Waals surface area contributed by atoms with Crippen molar-refractivity contribution in [3.05, 3.63) is 65.2 Å². The fourth-order valence-electron chi connectivity index (χ4n) is 2.71. The van der Waals surface area contributed by atoms with Crippen molar-refractivity contribution in [1.82, 2.24) is 5.32 Å². The van der Waals surface area contributed by atoms with Crippen LogP contribution < -0.4 is 5.32 Å². The zero-order valence-corrected chi connectivity index (χ0v) is 12.5. The van der Waals surface area contributed by atoms with E-state index in [0.717, 1.165) is 19.0 Å². The number of phenolic OH excluding ortho intramolecular Hbond substituents is 1. The number of aromatic hydroxyl groups is 1. The van der Waals surface area contributed by atoms with Gasteiger partial charge in [0, 0.05) is 18.5 Å². The Morgan fingerprint density at radius 3 is 2.57 bits per heavy atom. The number of nitrogens with one attached hydrogen (secondary N) is 1. The number of phenols is 1. The van der Waals surface area contributed by atoms with Crippen LogP contribution in [0.2, 0.25) is 0 Å². The van der Waals surface area contributed by atoms with Crippen LogP contribution >= 0.6 is 0 Å². The molecule has 2 nitrogen and oxygen atoms in total. The summed E-state index contributed by atoms with van der Waals surface area (Å²) in [4.78, 5) is 0. The lowest BCUT2D eigenvalue weighted by Gasteiger charge is -2.19. The molecule has 3 rings (SSSR count). The Kier molecular flexibility index (Phi) is 4.26. The monoisotopic (exact) mass is 281 g/mol. The molecule has 0 saturated heterocycles. The molecule has 21 heavy (non-hydrogen) atoms. The highest BCUT2D eigenvalue weighted by Gasteiger charge is 2.22. The van der Waals surface area contributed by atoms with Gasteiger partial charge in [-0.15, -0.1) is 0 Å². The fourth-order valence-corrected chi connectivity index (χ4v) is 2.71. The van der Waals surface area contributed by atoms with Crippen molar-refractivity contribution in [2.45, 2.75) is 38.1 Å². The van der Waals surface area contributed by atoms with Gasteiger partial charge < -0.3 is 10.4 Å². The maximum Gasteiger partial charge on any atom is 0.115 e. The van der Waals surface area contributed by atoms with Gasteiger partial charge in [0.25, 0.3) is 0 Å². The predicted octanol–water partition coefficient (Wildman–Crippen LogP) is 3.78. The second-order valence-corrected chi connectivity index (χ2v) is 6.16. The highest BCUT2D eigenvalue weighted by Crippen LogP contribution is 2.25. The van der Waals surface area contributed by atoms with Crippen molar-refractivity contribution in [3.8, 4) is 5.75 Å². The van der Waals surface area contributed by atoms with Gasteiger partial charge in [-0.3, -0.25) is 0 Å². The lowest BCUT2D eigenvalue weighted by Crippen LogP contribution is -2.24. The molecule has 0 heterocycles. The number of rotatable bonds is 6. The molecular formula is C19H23NO. The van der Waals surface area contributed by atoms with Gasteiger partial charge in [-0.05, 0) is 49.4 Å². The molecule has 0 bridgehead atoms. The van der Waals surface area contributed by atoms with Gasteiger partial charge in [0.1, 0.15) is 5.75 Å². The van der Waals surface area contributed by atoms with E-state index in [2.05, 4.69) is 42.6 Å². The zero-order chi connectivity index (χ0) is 14.7. The lowest BCUT2D eigenvalue weighted by atomic mass is 9.91. The first-order chi connectivity index (χ1) is 10.2. The molecule has 1 atom stereocenters. The summed E-state index contributed by atoms with van der Waals surface area (Å²) in [5.41, 5.74) is 3.86. The fraction of sp³-hybridized carbons (Fsp3) is 0.368.